The van der Waals surface area contributed by atoms with E-state index < -0.39 is 0 Å². The first-order chi connectivity index (χ1) is 14.2. The lowest BCUT2D eigenvalue weighted by Crippen LogP contribution is -2.11. The molecule has 1 N–H and O–H groups in total. The molecule has 5 nitrogen and oxygen atoms in total. The number of halogens is 1. The maximum absolute atomic E-state index is 13.8. The van der Waals surface area contributed by atoms with Crippen molar-refractivity contribution in [3.05, 3.63) is 84.1 Å². The van der Waals surface area contributed by atoms with E-state index in [1.165, 1.54) is 23.3 Å². The number of benzene rings is 2. The van der Waals surface area contributed by atoms with Crippen molar-refractivity contribution in [2.24, 2.45) is 7.05 Å². The number of aryl methyl sites for hydroxylation is 2. The second kappa shape index (κ2) is 7.13. The summed E-state index contributed by atoms with van der Waals surface area (Å²) in [6.45, 7) is 0. The van der Waals surface area contributed by atoms with E-state index in [-0.39, 0.29) is 11.9 Å². The predicted octanol–water partition coefficient (Wildman–Crippen LogP) is 4.78. The molecule has 0 aliphatic heterocycles. The van der Waals surface area contributed by atoms with Gasteiger partial charge >= 0.3 is 0 Å². The van der Waals surface area contributed by atoms with Crippen LogP contribution in [-0.4, -0.2) is 19.5 Å². The minimum Gasteiger partial charge on any atom is -0.347 e. The van der Waals surface area contributed by atoms with Gasteiger partial charge in [-0.1, -0.05) is 36.4 Å². The Labute approximate surface area is 168 Å². The van der Waals surface area contributed by atoms with E-state index in [4.69, 9.17) is 4.98 Å². The average molecular weight is 385 g/mol. The summed E-state index contributed by atoms with van der Waals surface area (Å²) >= 11 is 0. The summed E-state index contributed by atoms with van der Waals surface area (Å²) in [5.74, 6) is 0.962. The first-order valence-corrected chi connectivity index (χ1v) is 9.64. The number of nitrogens with one attached hydrogen (secondary N) is 1. The van der Waals surface area contributed by atoms with Crippen LogP contribution in [0.2, 0.25) is 0 Å². The van der Waals surface area contributed by atoms with Crippen molar-refractivity contribution < 1.29 is 4.39 Å². The van der Waals surface area contributed by atoms with Gasteiger partial charge in [0.05, 0.1) is 6.04 Å². The van der Waals surface area contributed by atoms with Crippen LogP contribution in [0.5, 0.6) is 0 Å². The monoisotopic (exact) mass is 385 g/mol. The molecular weight excluding hydrogens is 365 g/mol. The largest absolute Gasteiger partial charge is 0.347 e. The molecular formula is C23H20FN5. The van der Waals surface area contributed by atoms with Crippen molar-refractivity contribution in [1.82, 2.24) is 19.5 Å². The van der Waals surface area contributed by atoms with Crippen molar-refractivity contribution in [3.63, 3.8) is 0 Å². The Bertz CT molecular complexity index is 1180. The first-order valence-electron chi connectivity index (χ1n) is 9.64. The van der Waals surface area contributed by atoms with Crippen molar-refractivity contribution in [2.75, 3.05) is 5.32 Å². The predicted molar refractivity (Wildman–Crippen MR) is 111 cm³/mol. The van der Waals surface area contributed by atoms with E-state index in [9.17, 15) is 4.39 Å². The van der Waals surface area contributed by atoms with Gasteiger partial charge < -0.3 is 9.88 Å². The third-order valence-corrected chi connectivity index (χ3v) is 5.39. The van der Waals surface area contributed by atoms with Gasteiger partial charge in [0.15, 0.2) is 5.82 Å². The van der Waals surface area contributed by atoms with Crippen LogP contribution in [0.25, 0.3) is 22.6 Å². The quantitative estimate of drug-likeness (QED) is 0.549. The van der Waals surface area contributed by atoms with Gasteiger partial charge in [0, 0.05) is 31.2 Å². The number of fused-ring (bicyclic) bond motifs is 1. The van der Waals surface area contributed by atoms with Gasteiger partial charge in [-0.15, -0.1) is 0 Å². The van der Waals surface area contributed by atoms with Gasteiger partial charge in [0.2, 0.25) is 5.95 Å². The van der Waals surface area contributed by atoms with Crippen molar-refractivity contribution in [2.45, 2.75) is 18.9 Å². The summed E-state index contributed by atoms with van der Waals surface area (Å²) in [4.78, 5) is 13.8. The molecule has 2 aromatic heterocycles. The van der Waals surface area contributed by atoms with Gasteiger partial charge in [0.25, 0.3) is 0 Å². The highest BCUT2D eigenvalue weighted by Crippen LogP contribution is 2.34. The lowest BCUT2D eigenvalue weighted by molar-refractivity contribution is 0.628. The maximum atomic E-state index is 13.8. The number of imidazole rings is 1. The summed E-state index contributed by atoms with van der Waals surface area (Å²) in [5, 5.41) is 3.48. The summed E-state index contributed by atoms with van der Waals surface area (Å²) < 4.78 is 15.7. The van der Waals surface area contributed by atoms with Crippen molar-refractivity contribution in [3.8, 4) is 22.6 Å². The molecule has 144 valence electrons. The second-order valence-corrected chi connectivity index (χ2v) is 7.26. The number of nitrogens with zero attached hydrogens (tertiary/aromatic N) is 4. The van der Waals surface area contributed by atoms with Gasteiger partial charge in [-0.3, -0.25) is 0 Å². The molecule has 1 atom stereocenters. The molecule has 0 unspecified atom stereocenters. The molecule has 0 spiro atoms. The van der Waals surface area contributed by atoms with Crippen molar-refractivity contribution in [1.29, 1.82) is 0 Å². The highest BCUT2D eigenvalue weighted by molar-refractivity contribution is 5.78. The topological polar surface area (TPSA) is 55.6 Å². The van der Waals surface area contributed by atoms with Crippen LogP contribution in [0.4, 0.5) is 10.3 Å². The molecule has 4 aromatic rings. The standard InChI is InChI=1S/C23H20FN5/c1-29-12-11-25-22(29)21-19(16-6-4-7-17(24)13-16)14-26-23(28-21)27-20-10-9-15-5-2-3-8-18(15)20/h2-8,11-14,20H,9-10H2,1H3,(H,26,27,28)/t20-/m1/s1. The summed E-state index contributed by atoms with van der Waals surface area (Å²) in [7, 11) is 1.92. The molecule has 2 heterocycles. The van der Waals surface area contributed by atoms with Crippen molar-refractivity contribution >= 4 is 5.95 Å². The molecule has 0 radical (unpaired) electrons. The zero-order valence-electron chi connectivity index (χ0n) is 16.0. The summed E-state index contributed by atoms with van der Waals surface area (Å²) in [5.41, 5.74) is 4.80. The van der Waals surface area contributed by atoms with E-state index in [1.807, 2.05) is 23.9 Å². The van der Waals surface area contributed by atoms with E-state index in [0.717, 1.165) is 24.0 Å². The molecule has 6 heteroatoms. The smallest absolute Gasteiger partial charge is 0.223 e. The second-order valence-electron chi connectivity index (χ2n) is 7.26. The van der Waals surface area contributed by atoms with Gasteiger partial charge in [-0.2, -0.15) is 0 Å². The first kappa shape index (κ1) is 17.6. The zero-order chi connectivity index (χ0) is 19.8. The number of hydrogen-bond donors (Lipinski definition) is 1. The third kappa shape index (κ3) is 3.27. The molecule has 0 saturated carbocycles. The highest BCUT2D eigenvalue weighted by Gasteiger charge is 2.23. The molecule has 1 aliphatic rings. The third-order valence-electron chi connectivity index (χ3n) is 5.39. The lowest BCUT2D eigenvalue weighted by Gasteiger charge is -2.16. The fourth-order valence-corrected chi connectivity index (χ4v) is 3.95. The van der Waals surface area contributed by atoms with Crippen LogP contribution in [0.15, 0.2) is 67.1 Å². The molecule has 29 heavy (non-hydrogen) atoms. The summed E-state index contributed by atoms with van der Waals surface area (Å²) in [6, 6.07) is 15.1. The molecule has 2 aromatic carbocycles. The minimum atomic E-state index is -0.293. The minimum absolute atomic E-state index is 0.181. The van der Waals surface area contributed by atoms with Crippen LogP contribution in [0, 0.1) is 5.82 Å². The zero-order valence-corrected chi connectivity index (χ0v) is 16.0. The van der Waals surface area contributed by atoms with Gasteiger partial charge in [0.1, 0.15) is 11.5 Å². The number of hydrogen-bond acceptors (Lipinski definition) is 4. The Morgan fingerprint density at radius 2 is 2.00 bits per heavy atom. The Hall–Kier alpha value is -3.54. The van der Waals surface area contributed by atoms with E-state index >= 15 is 0 Å². The highest BCUT2D eigenvalue weighted by atomic mass is 19.1. The fourth-order valence-electron chi connectivity index (χ4n) is 3.95. The molecule has 0 bridgehead atoms. The van der Waals surface area contributed by atoms with Crippen LogP contribution < -0.4 is 5.32 Å². The van der Waals surface area contributed by atoms with Crippen LogP contribution >= 0.6 is 0 Å². The molecule has 0 saturated heterocycles. The maximum Gasteiger partial charge on any atom is 0.223 e. The number of aromatic nitrogens is 4. The van der Waals surface area contributed by atoms with Crippen LogP contribution in [-0.2, 0) is 13.5 Å². The summed E-state index contributed by atoms with van der Waals surface area (Å²) in [6.07, 6.45) is 7.39. The van der Waals surface area contributed by atoms with Crippen LogP contribution in [0.3, 0.4) is 0 Å². The Kier molecular flexibility index (Phi) is 4.31. The Balaban J connectivity index is 1.56. The van der Waals surface area contributed by atoms with E-state index in [1.54, 1.807) is 18.5 Å². The normalized spacial score (nSPS) is 15.3. The van der Waals surface area contributed by atoms with E-state index in [2.05, 4.69) is 39.6 Å². The molecule has 0 amide bonds. The van der Waals surface area contributed by atoms with Gasteiger partial charge in [-0.25, -0.2) is 19.3 Å². The van der Waals surface area contributed by atoms with Gasteiger partial charge in [-0.05, 0) is 41.7 Å². The van der Waals surface area contributed by atoms with Crippen LogP contribution in [0.1, 0.15) is 23.6 Å². The van der Waals surface area contributed by atoms with E-state index in [0.29, 0.717) is 17.5 Å². The molecule has 5 rings (SSSR count). The number of anilines is 1. The Morgan fingerprint density at radius 1 is 1.10 bits per heavy atom. The number of rotatable bonds is 4. The SMILES string of the molecule is Cn1ccnc1-c1nc(N[C@@H]2CCc3ccccc32)ncc1-c1cccc(F)c1. The Morgan fingerprint density at radius 3 is 2.83 bits per heavy atom. The lowest BCUT2D eigenvalue weighted by atomic mass is 10.1. The average Bonchev–Trinajstić information content (AvgIpc) is 3.34. The fraction of sp³-hybridized carbons (Fsp3) is 0.174. The molecule has 1 aliphatic carbocycles. The molecule has 0 fully saturated rings.